The van der Waals surface area contributed by atoms with Crippen molar-refractivity contribution in [2.45, 2.75) is 25.4 Å². The van der Waals surface area contributed by atoms with Crippen LogP contribution in [0.25, 0.3) is 10.6 Å². The predicted octanol–water partition coefficient (Wildman–Crippen LogP) is 3.75. The second-order valence-corrected chi connectivity index (χ2v) is 8.34. The highest BCUT2D eigenvalue weighted by Gasteiger charge is 2.34. The van der Waals surface area contributed by atoms with E-state index in [1.165, 1.54) is 14.2 Å². The van der Waals surface area contributed by atoms with Crippen LogP contribution in [-0.4, -0.2) is 48.5 Å². The van der Waals surface area contributed by atoms with Crippen molar-refractivity contribution in [3.05, 3.63) is 65.2 Å². The van der Waals surface area contributed by atoms with Crippen molar-refractivity contribution in [2.24, 2.45) is 0 Å². The Labute approximate surface area is 191 Å². The van der Waals surface area contributed by atoms with Gasteiger partial charge in [-0.3, -0.25) is 9.59 Å². The third-order valence-electron chi connectivity index (χ3n) is 5.43. The summed E-state index contributed by atoms with van der Waals surface area (Å²) in [5.74, 6) is 0.691. The summed E-state index contributed by atoms with van der Waals surface area (Å²) in [7, 11) is 3.08. The lowest BCUT2D eigenvalue weighted by Crippen LogP contribution is -2.45. The fourth-order valence-corrected chi connectivity index (χ4v) is 4.60. The van der Waals surface area contributed by atoms with Gasteiger partial charge in [0.1, 0.15) is 22.5 Å². The van der Waals surface area contributed by atoms with Crippen molar-refractivity contribution in [1.82, 2.24) is 15.2 Å². The van der Waals surface area contributed by atoms with Gasteiger partial charge >= 0.3 is 0 Å². The molecule has 0 spiro atoms. The number of amides is 2. The molecule has 2 aromatic carbocycles. The third-order valence-corrected chi connectivity index (χ3v) is 6.37. The normalized spacial score (nSPS) is 15.4. The highest BCUT2D eigenvalue weighted by Crippen LogP contribution is 2.27. The SMILES string of the molecule is COc1cc(OC)cc(C(=O)N2CCCC2C(=O)NCc2csc(-c3ccccc3)n2)c1. The molecule has 0 saturated carbocycles. The Bertz CT molecular complexity index is 1080. The minimum absolute atomic E-state index is 0.167. The number of hydrogen-bond donors (Lipinski definition) is 1. The maximum atomic E-state index is 13.2. The molecule has 1 atom stereocenters. The van der Waals surface area contributed by atoms with Gasteiger partial charge in [0.25, 0.3) is 5.91 Å². The van der Waals surface area contributed by atoms with Crippen LogP contribution >= 0.6 is 11.3 Å². The average molecular weight is 452 g/mol. The molecule has 2 heterocycles. The first kappa shape index (κ1) is 21.8. The Hall–Kier alpha value is -3.39. The third kappa shape index (κ3) is 4.75. The number of methoxy groups -OCH3 is 2. The van der Waals surface area contributed by atoms with Crippen molar-refractivity contribution < 1.29 is 19.1 Å². The van der Waals surface area contributed by atoms with Crippen molar-refractivity contribution in [3.8, 4) is 22.1 Å². The number of benzene rings is 2. The van der Waals surface area contributed by atoms with E-state index in [4.69, 9.17) is 9.47 Å². The lowest BCUT2D eigenvalue weighted by atomic mass is 10.1. The van der Waals surface area contributed by atoms with Crippen molar-refractivity contribution in [2.75, 3.05) is 20.8 Å². The van der Waals surface area contributed by atoms with Gasteiger partial charge in [-0.25, -0.2) is 4.98 Å². The lowest BCUT2D eigenvalue weighted by Gasteiger charge is -2.24. The number of rotatable bonds is 7. The minimum atomic E-state index is -0.507. The number of hydrogen-bond acceptors (Lipinski definition) is 6. The van der Waals surface area contributed by atoms with Gasteiger partial charge in [0.15, 0.2) is 0 Å². The molecule has 3 aromatic rings. The quantitative estimate of drug-likeness (QED) is 0.592. The summed E-state index contributed by atoms with van der Waals surface area (Å²) in [5, 5.41) is 5.81. The van der Waals surface area contributed by atoms with Crippen LogP contribution in [0.3, 0.4) is 0 Å². The van der Waals surface area contributed by atoms with E-state index in [2.05, 4.69) is 10.3 Å². The molecule has 0 aliphatic carbocycles. The molecule has 166 valence electrons. The molecular formula is C24H25N3O4S. The van der Waals surface area contributed by atoms with Gasteiger partial charge in [-0.05, 0) is 25.0 Å². The van der Waals surface area contributed by atoms with Crippen LogP contribution < -0.4 is 14.8 Å². The summed E-state index contributed by atoms with van der Waals surface area (Å²) in [6, 6.07) is 14.5. The monoisotopic (exact) mass is 451 g/mol. The van der Waals surface area contributed by atoms with E-state index in [1.54, 1.807) is 34.4 Å². The Morgan fingerprint density at radius 1 is 1.12 bits per heavy atom. The maximum Gasteiger partial charge on any atom is 0.254 e. The van der Waals surface area contributed by atoms with Gasteiger partial charge in [-0.1, -0.05) is 30.3 Å². The van der Waals surface area contributed by atoms with Crippen LogP contribution in [-0.2, 0) is 11.3 Å². The molecule has 1 aliphatic heterocycles. The maximum absolute atomic E-state index is 13.2. The molecule has 32 heavy (non-hydrogen) atoms. The lowest BCUT2D eigenvalue weighted by molar-refractivity contribution is -0.125. The molecule has 1 N–H and O–H groups in total. The smallest absolute Gasteiger partial charge is 0.254 e. The second-order valence-electron chi connectivity index (χ2n) is 7.49. The Morgan fingerprint density at radius 3 is 2.53 bits per heavy atom. The van der Waals surface area contributed by atoms with E-state index >= 15 is 0 Å². The molecule has 7 nitrogen and oxygen atoms in total. The topological polar surface area (TPSA) is 80.8 Å². The summed E-state index contributed by atoms with van der Waals surface area (Å²) in [5.41, 5.74) is 2.29. The van der Waals surface area contributed by atoms with Crippen molar-refractivity contribution >= 4 is 23.2 Å². The van der Waals surface area contributed by atoms with E-state index < -0.39 is 6.04 Å². The molecule has 1 fully saturated rings. The Balaban J connectivity index is 1.42. The Kier molecular flexibility index (Phi) is 6.70. The zero-order chi connectivity index (χ0) is 22.5. The molecule has 0 radical (unpaired) electrons. The number of carbonyl (C=O) groups is 2. The number of likely N-dealkylation sites (tertiary alicyclic amines) is 1. The molecule has 0 bridgehead atoms. The molecule has 1 unspecified atom stereocenters. The van der Waals surface area contributed by atoms with Crippen LogP contribution in [0.2, 0.25) is 0 Å². The first-order chi connectivity index (χ1) is 15.6. The number of carbonyl (C=O) groups excluding carboxylic acids is 2. The number of thiazole rings is 1. The van der Waals surface area contributed by atoms with Gasteiger partial charge in [0, 0.05) is 29.1 Å². The zero-order valence-corrected chi connectivity index (χ0v) is 18.9. The van der Waals surface area contributed by atoms with Gasteiger partial charge in [0.2, 0.25) is 5.91 Å². The highest BCUT2D eigenvalue weighted by molar-refractivity contribution is 7.13. The summed E-state index contributed by atoms with van der Waals surface area (Å²) in [6.45, 7) is 0.860. The summed E-state index contributed by atoms with van der Waals surface area (Å²) in [6.07, 6.45) is 1.41. The van der Waals surface area contributed by atoms with Crippen molar-refractivity contribution in [3.63, 3.8) is 0 Å². The summed E-state index contributed by atoms with van der Waals surface area (Å²) < 4.78 is 10.5. The first-order valence-electron chi connectivity index (χ1n) is 10.4. The van der Waals surface area contributed by atoms with Gasteiger partial charge in [-0.2, -0.15) is 0 Å². The van der Waals surface area contributed by atoms with E-state index in [0.717, 1.165) is 22.7 Å². The second kappa shape index (κ2) is 9.82. The standard InChI is InChI=1S/C24H25N3O4S/c1-30-19-11-17(12-20(13-19)31-2)24(29)27-10-6-9-21(27)22(28)25-14-18-15-32-23(26-18)16-7-4-3-5-8-16/h3-5,7-8,11-13,15,21H,6,9-10,14H2,1-2H3,(H,25,28). The molecule has 2 amide bonds. The molecule has 8 heteroatoms. The molecule has 4 rings (SSSR count). The highest BCUT2D eigenvalue weighted by atomic mass is 32.1. The van der Waals surface area contributed by atoms with E-state index in [-0.39, 0.29) is 11.8 Å². The number of ether oxygens (including phenoxy) is 2. The van der Waals surface area contributed by atoms with E-state index in [0.29, 0.717) is 36.6 Å². The van der Waals surface area contributed by atoms with Crippen LogP contribution in [0.4, 0.5) is 0 Å². The van der Waals surface area contributed by atoms with Crippen LogP contribution in [0, 0.1) is 0 Å². The van der Waals surface area contributed by atoms with Crippen LogP contribution in [0.1, 0.15) is 28.9 Å². The summed E-state index contributed by atoms with van der Waals surface area (Å²) >= 11 is 1.55. The number of aromatic nitrogens is 1. The number of nitrogens with zero attached hydrogens (tertiary/aromatic N) is 2. The molecule has 1 aromatic heterocycles. The van der Waals surface area contributed by atoms with Gasteiger partial charge in [0.05, 0.1) is 26.5 Å². The fourth-order valence-electron chi connectivity index (χ4n) is 3.78. The molecule has 1 saturated heterocycles. The molecular weight excluding hydrogens is 426 g/mol. The minimum Gasteiger partial charge on any atom is -0.497 e. The first-order valence-corrected chi connectivity index (χ1v) is 11.3. The largest absolute Gasteiger partial charge is 0.497 e. The van der Waals surface area contributed by atoms with Crippen LogP contribution in [0.5, 0.6) is 11.5 Å². The zero-order valence-electron chi connectivity index (χ0n) is 18.0. The average Bonchev–Trinajstić information content (AvgIpc) is 3.52. The predicted molar refractivity (Wildman–Crippen MR) is 123 cm³/mol. The Morgan fingerprint density at radius 2 is 1.84 bits per heavy atom. The van der Waals surface area contributed by atoms with Crippen LogP contribution in [0.15, 0.2) is 53.9 Å². The van der Waals surface area contributed by atoms with E-state index in [9.17, 15) is 9.59 Å². The van der Waals surface area contributed by atoms with Gasteiger partial charge in [-0.15, -0.1) is 11.3 Å². The van der Waals surface area contributed by atoms with E-state index in [1.807, 2.05) is 35.7 Å². The fraction of sp³-hybridized carbons (Fsp3) is 0.292. The summed E-state index contributed by atoms with van der Waals surface area (Å²) in [4.78, 5) is 32.3. The number of nitrogens with one attached hydrogen (secondary N) is 1. The van der Waals surface area contributed by atoms with Gasteiger partial charge < -0.3 is 19.7 Å². The van der Waals surface area contributed by atoms with Crippen molar-refractivity contribution in [1.29, 1.82) is 0 Å². The molecule has 1 aliphatic rings.